The molecule has 3 aromatic carbocycles. The summed E-state index contributed by atoms with van der Waals surface area (Å²) in [4.78, 5) is 30.4. The Labute approximate surface area is 231 Å². The van der Waals surface area contributed by atoms with Crippen molar-refractivity contribution in [1.82, 2.24) is 10.2 Å². The third-order valence-electron chi connectivity index (χ3n) is 7.40. The quantitative estimate of drug-likeness (QED) is 0.292. The Morgan fingerprint density at radius 3 is 2.38 bits per heavy atom. The number of carbonyl (C=O) groups is 2. The highest BCUT2D eigenvalue weighted by molar-refractivity contribution is 6.09. The molecule has 2 heterocycles. The van der Waals surface area contributed by atoms with Gasteiger partial charge in [0.1, 0.15) is 0 Å². The number of hydrogen-bond donors (Lipinski definition) is 1. The van der Waals surface area contributed by atoms with Crippen LogP contribution in [0.25, 0.3) is 6.08 Å². The third kappa shape index (κ3) is 6.95. The molecule has 0 aromatic heterocycles. The van der Waals surface area contributed by atoms with Gasteiger partial charge in [0, 0.05) is 12.1 Å². The van der Waals surface area contributed by atoms with Crippen molar-refractivity contribution in [3.05, 3.63) is 101 Å². The number of nitrogens with zero attached hydrogens (tertiary/aromatic N) is 2. The Hall–Kier alpha value is -3.90. The topological polar surface area (TPSA) is 61.9 Å². The highest BCUT2D eigenvalue weighted by atomic mass is 16.5. The SMILES string of the molecule is Cc1ccc(CN2C(=O)/C(=C\c3ccc(C(=O)NCCCN4CCCCCC4)cc3)Oc3ccccc32)cc1. The number of hydrogen-bond acceptors (Lipinski definition) is 4. The van der Waals surface area contributed by atoms with Gasteiger partial charge in [0.05, 0.1) is 12.2 Å². The van der Waals surface area contributed by atoms with Gasteiger partial charge in [-0.2, -0.15) is 0 Å². The standard InChI is InChI=1S/C33H37N3O3/c1-25-11-13-27(14-12-25)24-36-29-9-4-5-10-30(29)39-31(33(36)38)23-26-15-17-28(18-16-26)32(37)34-19-8-22-35-20-6-2-3-7-21-35/h4-5,9-18,23H,2-3,6-8,19-22,24H2,1H3,(H,34,37)/b31-23+. The van der Waals surface area contributed by atoms with Crippen LogP contribution in [0.4, 0.5) is 5.69 Å². The molecule has 0 saturated carbocycles. The lowest BCUT2D eigenvalue weighted by Crippen LogP contribution is -2.36. The van der Waals surface area contributed by atoms with Gasteiger partial charge in [-0.25, -0.2) is 0 Å². The van der Waals surface area contributed by atoms with E-state index in [1.807, 2.05) is 55.5 Å². The Balaban J connectivity index is 1.22. The Bertz CT molecular complexity index is 1310. The van der Waals surface area contributed by atoms with Gasteiger partial charge in [0.15, 0.2) is 11.5 Å². The van der Waals surface area contributed by atoms with E-state index in [0.717, 1.165) is 29.8 Å². The van der Waals surface area contributed by atoms with Crippen LogP contribution in [0.5, 0.6) is 5.75 Å². The second-order valence-corrected chi connectivity index (χ2v) is 10.4. The fourth-order valence-corrected chi connectivity index (χ4v) is 5.14. The second-order valence-electron chi connectivity index (χ2n) is 10.4. The van der Waals surface area contributed by atoms with Crippen LogP contribution in [0.1, 0.15) is 59.2 Å². The molecule has 2 aliphatic rings. The number of rotatable bonds is 8. The van der Waals surface area contributed by atoms with Crippen molar-refractivity contribution in [3.8, 4) is 5.75 Å². The minimum absolute atomic E-state index is 0.0757. The molecule has 6 heteroatoms. The monoisotopic (exact) mass is 523 g/mol. The molecule has 1 saturated heterocycles. The average Bonchev–Trinajstić information content (AvgIpc) is 3.23. The molecule has 6 nitrogen and oxygen atoms in total. The highest BCUT2D eigenvalue weighted by Gasteiger charge is 2.30. The van der Waals surface area contributed by atoms with E-state index < -0.39 is 0 Å². The molecular formula is C33H37N3O3. The van der Waals surface area contributed by atoms with Crippen molar-refractivity contribution in [2.45, 2.75) is 45.6 Å². The van der Waals surface area contributed by atoms with Crippen LogP contribution in [0, 0.1) is 6.92 Å². The van der Waals surface area contributed by atoms with Crippen LogP contribution in [0.2, 0.25) is 0 Å². The van der Waals surface area contributed by atoms with E-state index in [-0.39, 0.29) is 17.6 Å². The number of likely N-dealkylation sites (tertiary alicyclic amines) is 1. The number of aryl methyl sites for hydroxylation is 1. The molecule has 202 valence electrons. The molecule has 5 rings (SSSR count). The van der Waals surface area contributed by atoms with Crippen LogP contribution in [0.3, 0.4) is 0 Å². The van der Waals surface area contributed by atoms with E-state index in [2.05, 4.69) is 22.3 Å². The molecule has 2 amide bonds. The molecule has 0 aliphatic carbocycles. The molecule has 0 atom stereocenters. The Kier molecular flexibility index (Phi) is 8.74. The summed E-state index contributed by atoms with van der Waals surface area (Å²) in [6.45, 7) is 6.54. The van der Waals surface area contributed by atoms with E-state index in [9.17, 15) is 9.59 Å². The number of benzene rings is 3. The second kappa shape index (κ2) is 12.8. The fraction of sp³-hybridized carbons (Fsp3) is 0.333. The molecule has 0 spiro atoms. The molecule has 0 bridgehead atoms. The minimum atomic E-state index is -0.194. The van der Waals surface area contributed by atoms with E-state index >= 15 is 0 Å². The molecule has 1 fully saturated rings. The predicted octanol–water partition coefficient (Wildman–Crippen LogP) is 5.96. The zero-order chi connectivity index (χ0) is 27.0. The summed E-state index contributed by atoms with van der Waals surface area (Å²) in [6, 6.07) is 23.1. The normalized spacial score (nSPS) is 16.9. The first-order chi connectivity index (χ1) is 19.1. The third-order valence-corrected chi connectivity index (χ3v) is 7.40. The van der Waals surface area contributed by atoms with E-state index in [1.54, 1.807) is 23.1 Å². The van der Waals surface area contributed by atoms with E-state index in [1.165, 1.54) is 44.3 Å². The van der Waals surface area contributed by atoms with Crippen molar-refractivity contribution >= 4 is 23.6 Å². The molecule has 1 N–H and O–H groups in total. The van der Waals surface area contributed by atoms with Crippen molar-refractivity contribution in [2.75, 3.05) is 31.1 Å². The van der Waals surface area contributed by atoms with Crippen molar-refractivity contribution in [1.29, 1.82) is 0 Å². The van der Waals surface area contributed by atoms with Gasteiger partial charge in [-0.3, -0.25) is 14.5 Å². The van der Waals surface area contributed by atoms with Gasteiger partial charge < -0.3 is 15.0 Å². The van der Waals surface area contributed by atoms with Crippen LogP contribution >= 0.6 is 0 Å². The lowest BCUT2D eigenvalue weighted by atomic mass is 10.1. The van der Waals surface area contributed by atoms with Crippen LogP contribution in [-0.4, -0.2) is 42.9 Å². The zero-order valence-corrected chi connectivity index (χ0v) is 22.7. The lowest BCUT2D eigenvalue weighted by molar-refractivity contribution is -0.117. The lowest BCUT2D eigenvalue weighted by Gasteiger charge is -2.30. The van der Waals surface area contributed by atoms with Crippen molar-refractivity contribution in [2.24, 2.45) is 0 Å². The number of ether oxygens (including phenoxy) is 1. The molecule has 0 radical (unpaired) electrons. The number of amides is 2. The van der Waals surface area contributed by atoms with Gasteiger partial charge in [0.2, 0.25) is 0 Å². The minimum Gasteiger partial charge on any atom is -0.449 e. The smallest absolute Gasteiger partial charge is 0.294 e. The van der Waals surface area contributed by atoms with Gasteiger partial charge in [-0.05, 0) is 87.3 Å². The average molecular weight is 524 g/mol. The molecule has 0 unspecified atom stereocenters. The summed E-state index contributed by atoms with van der Waals surface area (Å²) in [6.07, 6.45) is 7.92. The molecule has 3 aromatic rings. The highest BCUT2D eigenvalue weighted by Crippen LogP contribution is 2.36. The Morgan fingerprint density at radius 2 is 1.64 bits per heavy atom. The Morgan fingerprint density at radius 1 is 0.923 bits per heavy atom. The van der Waals surface area contributed by atoms with Crippen LogP contribution in [0.15, 0.2) is 78.6 Å². The van der Waals surface area contributed by atoms with Crippen LogP contribution < -0.4 is 15.0 Å². The van der Waals surface area contributed by atoms with Gasteiger partial charge in [-0.15, -0.1) is 0 Å². The molecule has 39 heavy (non-hydrogen) atoms. The number of carbonyl (C=O) groups excluding carboxylic acids is 2. The first kappa shape index (κ1) is 26.7. The molecule has 2 aliphatic heterocycles. The predicted molar refractivity (Wildman–Crippen MR) is 156 cm³/mol. The number of para-hydroxylation sites is 2. The largest absolute Gasteiger partial charge is 0.449 e. The first-order valence-electron chi connectivity index (χ1n) is 14.0. The summed E-state index contributed by atoms with van der Waals surface area (Å²) < 4.78 is 6.02. The van der Waals surface area contributed by atoms with E-state index in [0.29, 0.717) is 24.4 Å². The first-order valence-corrected chi connectivity index (χ1v) is 14.0. The maximum absolute atomic E-state index is 13.5. The summed E-state index contributed by atoms with van der Waals surface area (Å²) in [5, 5.41) is 3.04. The van der Waals surface area contributed by atoms with E-state index in [4.69, 9.17) is 4.74 Å². The summed E-state index contributed by atoms with van der Waals surface area (Å²) >= 11 is 0. The fourth-order valence-electron chi connectivity index (χ4n) is 5.14. The zero-order valence-electron chi connectivity index (χ0n) is 22.7. The summed E-state index contributed by atoms with van der Waals surface area (Å²) in [5.74, 6) is 0.631. The van der Waals surface area contributed by atoms with Crippen LogP contribution in [-0.2, 0) is 11.3 Å². The number of anilines is 1. The summed E-state index contributed by atoms with van der Waals surface area (Å²) in [7, 11) is 0. The number of fused-ring (bicyclic) bond motifs is 1. The van der Waals surface area contributed by atoms with Crippen molar-refractivity contribution in [3.63, 3.8) is 0 Å². The maximum atomic E-state index is 13.5. The number of nitrogens with one attached hydrogen (secondary N) is 1. The molecular weight excluding hydrogens is 486 g/mol. The van der Waals surface area contributed by atoms with Gasteiger partial charge in [-0.1, -0.05) is 66.9 Å². The van der Waals surface area contributed by atoms with Gasteiger partial charge >= 0.3 is 0 Å². The summed E-state index contributed by atoms with van der Waals surface area (Å²) in [5.41, 5.74) is 4.38. The maximum Gasteiger partial charge on any atom is 0.294 e. The van der Waals surface area contributed by atoms with Crippen molar-refractivity contribution < 1.29 is 14.3 Å². The van der Waals surface area contributed by atoms with Gasteiger partial charge in [0.25, 0.3) is 11.8 Å².